The standard InChI is InChI=1S/C16H14Cl2O/c1-2-10-19-15-11-13(17)8-9-14(15)16(18)12-6-4-3-5-7-12/h2-9,11,16H,1,10H2/t16-/m0/s1. The largest absolute Gasteiger partial charge is 0.489 e. The van der Waals surface area contributed by atoms with Crippen molar-refractivity contribution in [3.8, 4) is 5.75 Å². The van der Waals surface area contributed by atoms with E-state index in [9.17, 15) is 0 Å². The Morgan fingerprint density at radius 1 is 1.16 bits per heavy atom. The number of hydrogen-bond donors (Lipinski definition) is 0. The van der Waals surface area contributed by atoms with Gasteiger partial charge in [-0.2, -0.15) is 0 Å². The third-order valence-corrected chi connectivity index (χ3v) is 3.42. The molecule has 0 aliphatic carbocycles. The van der Waals surface area contributed by atoms with Gasteiger partial charge in [-0.3, -0.25) is 0 Å². The monoisotopic (exact) mass is 292 g/mol. The molecule has 0 aliphatic heterocycles. The molecule has 0 heterocycles. The van der Waals surface area contributed by atoms with Crippen LogP contribution in [-0.4, -0.2) is 6.61 Å². The van der Waals surface area contributed by atoms with Crippen molar-refractivity contribution in [1.29, 1.82) is 0 Å². The summed E-state index contributed by atoms with van der Waals surface area (Å²) in [7, 11) is 0. The Hall–Kier alpha value is -1.44. The van der Waals surface area contributed by atoms with Crippen LogP contribution in [-0.2, 0) is 0 Å². The molecule has 98 valence electrons. The van der Waals surface area contributed by atoms with Gasteiger partial charge in [-0.05, 0) is 17.7 Å². The molecule has 0 unspecified atom stereocenters. The number of halogens is 2. The molecule has 0 spiro atoms. The topological polar surface area (TPSA) is 9.23 Å². The Bertz CT molecular complexity index is 552. The second kappa shape index (κ2) is 6.65. The van der Waals surface area contributed by atoms with Crippen molar-refractivity contribution >= 4 is 23.2 Å². The zero-order valence-corrected chi connectivity index (χ0v) is 11.9. The van der Waals surface area contributed by atoms with Crippen LogP contribution in [0.4, 0.5) is 0 Å². The molecule has 19 heavy (non-hydrogen) atoms. The van der Waals surface area contributed by atoms with E-state index in [0.29, 0.717) is 17.4 Å². The summed E-state index contributed by atoms with van der Waals surface area (Å²) >= 11 is 12.5. The Kier molecular flexibility index (Phi) is 4.89. The second-order valence-corrected chi connectivity index (χ2v) is 4.93. The normalized spacial score (nSPS) is 11.9. The lowest BCUT2D eigenvalue weighted by atomic mass is 10.0. The molecule has 1 nitrogen and oxygen atoms in total. The summed E-state index contributed by atoms with van der Waals surface area (Å²) < 4.78 is 5.62. The van der Waals surface area contributed by atoms with E-state index < -0.39 is 0 Å². The second-order valence-electron chi connectivity index (χ2n) is 4.06. The lowest BCUT2D eigenvalue weighted by Crippen LogP contribution is -2.00. The van der Waals surface area contributed by atoms with Crippen molar-refractivity contribution in [3.63, 3.8) is 0 Å². The van der Waals surface area contributed by atoms with E-state index in [0.717, 1.165) is 11.1 Å². The highest BCUT2D eigenvalue weighted by atomic mass is 35.5. The van der Waals surface area contributed by atoms with Gasteiger partial charge in [0.2, 0.25) is 0 Å². The van der Waals surface area contributed by atoms with E-state index in [1.54, 1.807) is 12.1 Å². The molecule has 0 saturated heterocycles. The molecule has 0 amide bonds. The van der Waals surface area contributed by atoms with E-state index in [-0.39, 0.29) is 5.38 Å². The SMILES string of the molecule is C=CCOc1cc(Cl)ccc1[C@@H](Cl)c1ccccc1. The average molecular weight is 293 g/mol. The zero-order valence-electron chi connectivity index (χ0n) is 10.4. The molecule has 2 aromatic carbocycles. The molecule has 0 aromatic heterocycles. The van der Waals surface area contributed by atoms with Crippen LogP contribution in [0, 0.1) is 0 Å². The van der Waals surface area contributed by atoms with Crippen molar-refractivity contribution in [2.45, 2.75) is 5.38 Å². The Morgan fingerprint density at radius 2 is 1.89 bits per heavy atom. The predicted molar refractivity (Wildman–Crippen MR) is 81.3 cm³/mol. The van der Waals surface area contributed by atoms with Crippen LogP contribution in [0.3, 0.4) is 0 Å². The summed E-state index contributed by atoms with van der Waals surface area (Å²) in [6.45, 7) is 4.06. The zero-order chi connectivity index (χ0) is 13.7. The number of hydrogen-bond acceptors (Lipinski definition) is 1. The molecule has 0 bridgehead atoms. The summed E-state index contributed by atoms with van der Waals surface area (Å²) in [6, 6.07) is 15.4. The van der Waals surface area contributed by atoms with Crippen LogP contribution in [0.25, 0.3) is 0 Å². The van der Waals surface area contributed by atoms with Crippen molar-refractivity contribution in [2.24, 2.45) is 0 Å². The quantitative estimate of drug-likeness (QED) is 0.541. The molecule has 0 saturated carbocycles. The summed E-state index contributed by atoms with van der Waals surface area (Å²) in [4.78, 5) is 0. The van der Waals surface area contributed by atoms with Gasteiger partial charge in [0.15, 0.2) is 0 Å². The first-order valence-electron chi connectivity index (χ1n) is 5.94. The van der Waals surface area contributed by atoms with Gasteiger partial charge in [-0.15, -0.1) is 11.6 Å². The molecule has 2 rings (SSSR count). The van der Waals surface area contributed by atoms with Crippen molar-refractivity contribution < 1.29 is 4.74 Å². The van der Waals surface area contributed by atoms with Gasteiger partial charge in [0.05, 0.1) is 5.38 Å². The van der Waals surface area contributed by atoms with E-state index in [4.69, 9.17) is 27.9 Å². The molecule has 1 atom stereocenters. The van der Waals surface area contributed by atoms with E-state index >= 15 is 0 Å². The highest BCUT2D eigenvalue weighted by Crippen LogP contribution is 2.36. The van der Waals surface area contributed by atoms with Gasteiger partial charge in [0.1, 0.15) is 12.4 Å². The third kappa shape index (κ3) is 3.52. The number of benzene rings is 2. The van der Waals surface area contributed by atoms with Gasteiger partial charge < -0.3 is 4.74 Å². The highest BCUT2D eigenvalue weighted by molar-refractivity contribution is 6.30. The van der Waals surface area contributed by atoms with Crippen LogP contribution in [0.5, 0.6) is 5.75 Å². The molecule has 0 radical (unpaired) electrons. The van der Waals surface area contributed by atoms with Gasteiger partial charge in [-0.25, -0.2) is 0 Å². The lowest BCUT2D eigenvalue weighted by molar-refractivity contribution is 0.359. The fourth-order valence-electron chi connectivity index (χ4n) is 1.79. The first kappa shape index (κ1) is 14.0. The third-order valence-electron chi connectivity index (χ3n) is 2.70. The molecule has 0 aliphatic rings. The van der Waals surface area contributed by atoms with Crippen LogP contribution in [0.1, 0.15) is 16.5 Å². The molecule has 0 fully saturated rings. The molecule has 2 aromatic rings. The van der Waals surface area contributed by atoms with Gasteiger partial charge in [0, 0.05) is 10.6 Å². The Balaban J connectivity index is 2.35. The lowest BCUT2D eigenvalue weighted by Gasteiger charge is -2.15. The van der Waals surface area contributed by atoms with Gasteiger partial charge in [0.25, 0.3) is 0 Å². The molecular formula is C16H14Cl2O. The summed E-state index contributed by atoms with van der Waals surface area (Å²) in [5.41, 5.74) is 1.93. The van der Waals surface area contributed by atoms with Crippen molar-refractivity contribution in [1.82, 2.24) is 0 Å². The minimum atomic E-state index is -0.265. The maximum absolute atomic E-state index is 6.52. The van der Waals surface area contributed by atoms with Gasteiger partial charge in [-0.1, -0.05) is 60.7 Å². The number of alkyl halides is 1. The molecule has 0 N–H and O–H groups in total. The summed E-state index contributed by atoms with van der Waals surface area (Å²) in [5.74, 6) is 0.691. The molecule has 3 heteroatoms. The fourth-order valence-corrected chi connectivity index (χ4v) is 2.28. The minimum Gasteiger partial charge on any atom is -0.489 e. The average Bonchev–Trinajstić information content (AvgIpc) is 2.45. The van der Waals surface area contributed by atoms with E-state index in [1.807, 2.05) is 42.5 Å². The van der Waals surface area contributed by atoms with Crippen LogP contribution in [0.15, 0.2) is 61.2 Å². The van der Waals surface area contributed by atoms with Crippen LogP contribution in [0.2, 0.25) is 5.02 Å². The van der Waals surface area contributed by atoms with Crippen LogP contribution >= 0.6 is 23.2 Å². The Morgan fingerprint density at radius 3 is 2.58 bits per heavy atom. The summed E-state index contributed by atoms with van der Waals surface area (Å²) in [5, 5.41) is 0.359. The van der Waals surface area contributed by atoms with Crippen molar-refractivity contribution in [2.75, 3.05) is 6.61 Å². The smallest absolute Gasteiger partial charge is 0.126 e. The Labute approximate surface area is 123 Å². The first-order valence-corrected chi connectivity index (χ1v) is 6.76. The predicted octanol–water partition coefficient (Wildman–Crippen LogP) is 5.23. The van der Waals surface area contributed by atoms with E-state index in [2.05, 4.69) is 6.58 Å². The number of ether oxygens (including phenoxy) is 1. The maximum Gasteiger partial charge on any atom is 0.126 e. The minimum absolute atomic E-state index is 0.265. The maximum atomic E-state index is 6.52. The van der Waals surface area contributed by atoms with Gasteiger partial charge >= 0.3 is 0 Å². The van der Waals surface area contributed by atoms with Crippen LogP contribution < -0.4 is 4.74 Å². The highest BCUT2D eigenvalue weighted by Gasteiger charge is 2.16. The fraction of sp³-hybridized carbons (Fsp3) is 0.125. The summed E-state index contributed by atoms with van der Waals surface area (Å²) in [6.07, 6.45) is 1.69. The number of rotatable bonds is 5. The van der Waals surface area contributed by atoms with Crippen molar-refractivity contribution in [3.05, 3.63) is 77.3 Å². The first-order chi connectivity index (χ1) is 9.22. The van der Waals surface area contributed by atoms with E-state index in [1.165, 1.54) is 0 Å². The molecular weight excluding hydrogens is 279 g/mol.